The van der Waals surface area contributed by atoms with Crippen molar-refractivity contribution in [2.45, 2.75) is 50.2 Å². The second-order valence-corrected chi connectivity index (χ2v) is 10.6. The molecule has 2 fully saturated rings. The first kappa shape index (κ1) is 27.8. The number of hydrogen-bond donors (Lipinski definition) is 2. The Morgan fingerprint density at radius 2 is 1.79 bits per heavy atom. The standard InChI is InChI=1S/C27H40N6O5/c1-30-17-25(35)33-16-20(28)15-21(33)18-38-22-7-5-19(6-8-22)27(37)31(2)23(9-10-24(30)34)26(36)29-11-14-32-12-3-4-13-32/h5-8,20-21,23H,3-4,9-18,28H2,1-2H3,(H,29,36)/t20-,21+,23+/m1/s1. The highest BCUT2D eigenvalue weighted by molar-refractivity contribution is 5.97. The van der Waals surface area contributed by atoms with Gasteiger partial charge in [0.25, 0.3) is 5.91 Å². The van der Waals surface area contributed by atoms with Crippen LogP contribution in [0, 0.1) is 0 Å². The predicted molar refractivity (Wildman–Crippen MR) is 141 cm³/mol. The minimum Gasteiger partial charge on any atom is -0.491 e. The van der Waals surface area contributed by atoms with E-state index in [-0.39, 0.29) is 61.7 Å². The van der Waals surface area contributed by atoms with Crippen LogP contribution < -0.4 is 15.8 Å². The summed E-state index contributed by atoms with van der Waals surface area (Å²) < 4.78 is 5.93. The number of rotatable bonds is 4. The average molecular weight is 529 g/mol. The number of nitrogens with zero attached hydrogens (tertiary/aromatic N) is 4. The van der Waals surface area contributed by atoms with Crippen molar-refractivity contribution in [3.63, 3.8) is 0 Å². The average Bonchev–Trinajstić information content (AvgIpc) is 3.56. The van der Waals surface area contributed by atoms with Crippen LogP contribution in [0.15, 0.2) is 24.3 Å². The topological polar surface area (TPSA) is 129 Å². The van der Waals surface area contributed by atoms with Crippen LogP contribution in [0.25, 0.3) is 0 Å². The van der Waals surface area contributed by atoms with Crippen molar-refractivity contribution in [2.24, 2.45) is 5.73 Å². The zero-order valence-electron chi connectivity index (χ0n) is 22.4. The molecule has 0 spiro atoms. The molecule has 0 radical (unpaired) electrons. The maximum atomic E-state index is 13.3. The van der Waals surface area contributed by atoms with Crippen LogP contribution in [-0.4, -0.2) is 121 Å². The molecule has 4 heterocycles. The van der Waals surface area contributed by atoms with E-state index in [0.717, 1.165) is 19.6 Å². The molecule has 4 aliphatic rings. The van der Waals surface area contributed by atoms with Crippen LogP contribution in [0.1, 0.15) is 42.5 Å². The fraction of sp³-hybridized carbons (Fsp3) is 0.630. The van der Waals surface area contributed by atoms with E-state index in [9.17, 15) is 19.2 Å². The van der Waals surface area contributed by atoms with Crippen molar-refractivity contribution in [2.75, 3.05) is 60.0 Å². The molecule has 4 amide bonds. The lowest BCUT2D eigenvalue weighted by atomic mass is 10.1. The lowest BCUT2D eigenvalue weighted by Gasteiger charge is -2.29. The Morgan fingerprint density at radius 3 is 2.50 bits per heavy atom. The minimum absolute atomic E-state index is 0.0244. The van der Waals surface area contributed by atoms with Gasteiger partial charge in [0, 0.05) is 51.8 Å². The van der Waals surface area contributed by atoms with Crippen LogP contribution in [0.4, 0.5) is 0 Å². The van der Waals surface area contributed by atoms with E-state index in [4.69, 9.17) is 10.5 Å². The first-order chi connectivity index (χ1) is 18.2. The van der Waals surface area contributed by atoms with E-state index in [1.165, 1.54) is 22.6 Å². The summed E-state index contributed by atoms with van der Waals surface area (Å²) >= 11 is 0. The maximum absolute atomic E-state index is 13.3. The summed E-state index contributed by atoms with van der Waals surface area (Å²) in [5.74, 6) is -0.489. The molecule has 11 heteroatoms. The van der Waals surface area contributed by atoms with E-state index < -0.39 is 6.04 Å². The molecular weight excluding hydrogens is 488 g/mol. The molecule has 0 unspecified atom stereocenters. The van der Waals surface area contributed by atoms with Crippen molar-refractivity contribution in [1.29, 1.82) is 0 Å². The van der Waals surface area contributed by atoms with Gasteiger partial charge in [0.1, 0.15) is 18.4 Å². The summed E-state index contributed by atoms with van der Waals surface area (Å²) in [6.45, 7) is 3.88. The van der Waals surface area contributed by atoms with Gasteiger partial charge in [-0.1, -0.05) is 0 Å². The predicted octanol–water partition coefficient (Wildman–Crippen LogP) is -0.102. The summed E-state index contributed by atoms with van der Waals surface area (Å²) in [6, 6.07) is 5.57. The van der Waals surface area contributed by atoms with Crippen molar-refractivity contribution >= 4 is 23.6 Å². The molecule has 2 saturated heterocycles. The van der Waals surface area contributed by atoms with Gasteiger partial charge in [0.2, 0.25) is 17.7 Å². The summed E-state index contributed by atoms with van der Waals surface area (Å²) in [6.07, 6.45) is 3.12. The van der Waals surface area contributed by atoms with Crippen LogP contribution in [0.5, 0.6) is 5.75 Å². The molecule has 38 heavy (non-hydrogen) atoms. The van der Waals surface area contributed by atoms with E-state index in [0.29, 0.717) is 30.8 Å². The number of hydrogen-bond acceptors (Lipinski definition) is 7. The van der Waals surface area contributed by atoms with Gasteiger partial charge in [-0.25, -0.2) is 0 Å². The molecular formula is C27H40N6O5. The Balaban J connectivity index is 1.51. The molecule has 0 saturated carbocycles. The third-order valence-corrected chi connectivity index (χ3v) is 7.76. The molecule has 3 N–H and O–H groups in total. The fourth-order valence-electron chi connectivity index (χ4n) is 5.44. The SMILES string of the molecule is CN1CC(=O)N2C[C@H](N)C[C@H]2COc2ccc(cc2)C(=O)N(C)[C@H](C(=O)NCCN2CCCC2)CCC1=O. The molecule has 5 rings (SSSR count). The minimum atomic E-state index is -0.832. The number of amides is 4. The largest absolute Gasteiger partial charge is 0.491 e. The summed E-state index contributed by atoms with van der Waals surface area (Å²) in [5, 5.41) is 2.96. The molecule has 0 aromatic heterocycles. The maximum Gasteiger partial charge on any atom is 0.254 e. The second kappa shape index (κ2) is 12.6. The summed E-state index contributed by atoms with van der Waals surface area (Å²) in [7, 11) is 3.16. The summed E-state index contributed by atoms with van der Waals surface area (Å²) in [5.41, 5.74) is 6.55. The third kappa shape index (κ3) is 6.82. The van der Waals surface area contributed by atoms with Gasteiger partial charge in [0.05, 0.1) is 12.6 Å². The summed E-state index contributed by atoms with van der Waals surface area (Å²) in [4.78, 5) is 59.3. The number of nitrogens with two attached hydrogens (primary N) is 1. The van der Waals surface area contributed by atoms with Crippen molar-refractivity contribution in [3.05, 3.63) is 29.8 Å². The Labute approximate surface area is 224 Å². The highest BCUT2D eigenvalue weighted by Gasteiger charge is 2.35. The Bertz CT molecular complexity index is 1010. The molecule has 1 aromatic rings. The lowest BCUT2D eigenvalue weighted by Crippen LogP contribution is -2.49. The highest BCUT2D eigenvalue weighted by Crippen LogP contribution is 2.21. The van der Waals surface area contributed by atoms with Gasteiger partial charge in [-0.3, -0.25) is 19.2 Å². The second-order valence-electron chi connectivity index (χ2n) is 10.6. The van der Waals surface area contributed by atoms with E-state index in [2.05, 4.69) is 10.2 Å². The normalized spacial score (nSPS) is 25.9. The smallest absolute Gasteiger partial charge is 0.254 e. The number of carbonyl (C=O) groups excluding carboxylic acids is 4. The van der Waals surface area contributed by atoms with Crippen LogP contribution >= 0.6 is 0 Å². The zero-order valence-corrected chi connectivity index (χ0v) is 22.4. The number of nitrogens with one attached hydrogen (secondary N) is 1. The fourth-order valence-corrected chi connectivity index (χ4v) is 5.44. The Hall–Kier alpha value is -3.18. The number of ether oxygens (including phenoxy) is 1. The third-order valence-electron chi connectivity index (χ3n) is 7.76. The number of fused-ring (bicyclic) bond motifs is 11. The number of benzene rings is 1. The molecule has 208 valence electrons. The van der Waals surface area contributed by atoms with Gasteiger partial charge >= 0.3 is 0 Å². The number of likely N-dealkylation sites (tertiary alicyclic amines) is 1. The zero-order chi connectivity index (χ0) is 27.2. The number of carbonyl (C=O) groups is 4. The quantitative estimate of drug-likeness (QED) is 0.558. The van der Waals surface area contributed by atoms with Gasteiger partial charge in [0.15, 0.2) is 0 Å². The van der Waals surface area contributed by atoms with Crippen LogP contribution in [-0.2, 0) is 14.4 Å². The highest BCUT2D eigenvalue weighted by atomic mass is 16.5. The first-order valence-electron chi connectivity index (χ1n) is 13.5. The van der Waals surface area contributed by atoms with E-state index >= 15 is 0 Å². The number of likely N-dealkylation sites (N-methyl/N-ethyl adjacent to an activating group) is 2. The molecule has 11 nitrogen and oxygen atoms in total. The monoisotopic (exact) mass is 528 g/mol. The van der Waals surface area contributed by atoms with Crippen molar-refractivity contribution < 1.29 is 23.9 Å². The van der Waals surface area contributed by atoms with Gasteiger partial charge in [-0.2, -0.15) is 0 Å². The van der Waals surface area contributed by atoms with Gasteiger partial charge in [-0.15, -0.1) is 0 Å². The van der Waals surface area contributed by atoms with Crippen molar-refractivity contribution in [1.82, 2.24) is 24.9 Å². The Kier molecular flexibility index (Phi) is 9.22. The van der Waals surface area contributed by atoms with Crippen LogP contribution in [0.2, 0.25) is 0 Å². The first-order valence-corrected chi connectivity index (χ1v) is 13.5. The van der Waals surface area contributed by atoms with E-state index in [1.807, 2.05) is 0 Å². The molecule has 2 bridgehead atoms. The molecule has 4 aliphatic heterocycles. The molecule has 3 atom stereocenters. The van der Waals surface area contributed by atoms with Gasteiger partial charge < -0.3 is 35.4 Å². The van der Waals surface area contributed by atoms with E-state index in [1.54, 1.807) is 43.3 Å². The van der Waals surface area contributed by atoms with Gasteiger partial charge in [-0.05, 0) is 63.0 Å². The van der Waals surface area contributed by atoms with Crippen molar-refractivity contribution in [3.8, 4) is 5.75 Å². The lowest BCUT2D eigenvalue weighted by molar-refractivity contribution is -0.140. The molecule has 0 aliphatic carbocycles. The Morgan fingerprint density at radius 1 is 1.08 bits per heavy atom. The molecule has 1 aromatic carbocycles. The van der Waals surface area contributed by atoms with Crippen LogP contribution in [0.3, 0.4) is 0 Å².